The van der Waals surface area contributed by atoms with Gasteiger partial charge in [-0.25, -0.2) is 4.98 Å². The van der Waals surface area contributed by atoms with Crippen LogP contribution in [-0.4, -0.2) is 17.1 Å². The number of benzene rings is 1. The van der Waals surface area contributed by atoms with Crippen molar-refractivity contribution in [3.05, 3.63) is 77.1 Å². The Morgan fingerprint density at radius 1 is 1.08 bits per heavy atom. The van der Waals surface area contributed by atoms with Crippen LogP contribution < -0.4 is 16.8 Å². The summed E-state index contributed by atoms with van der Waals surface area (Å²) in [5.74, 6) is 3.84. The number of thiazole rings is 1. The average molecular weight is 530 g/mol. The number of allylic oxidation sites excluding steroid dienone is 3. The predicted octanol–water partition coefficient (Wildman–Crippen LogP) is 6.61. The topological polar surface area (TPSA) is 106 Å². The molecule has 1 amide bonds. The lowest BCUT2D eigenvalue weighted by Gasteiger charge is -2.38. The number of rotatable bonds is 11. The summed E-state index contributed by atoms with van der Waals surface area (Å²) >= 11 is 1.74. The summed E-state index contributed by atoms with van der Waals surface area (Å²) in [6.45, 7) is 3.52. The molecule has 1 aromatic carbocycles. The number of fused-ring (bicyclic) bond motifs is 1. The third-order valence-corrected chi connectivity index (χ3v) is 9.27. The highest BCUT2D eigenvalue weighted by atomic mass is 32.1. The lowest BCUT2D eigenvalue weighted by molar-refractivity contribution is -0.114. The number of nitrogens with two attached hydrogens (primary N) is 2. The van der Waals surface area contributed by atoms with E-state index in [-0.39, 0.29) is 5.57 Å². The van der Waals surface area contributed by atoms with E-state index >= 15 is 0 Å². The van der Waals surface area contributed by atoms with Gasteiger partial charge in [0.05, 0.1) is 11.3 Å². The zero-order chi connectivity index (χ0) is 26.5. The maximum absolute atomic E-state index is 10.9. The van der Waals surface area contributed by atoms with Gasteiger partial charge in [0.2, 0.25) is 5.91 Å². The summed E-state index contributed by atoms with van der Waals surface area (Å²) in [6.07, 6.45) is 17.8. The Labute approximate surface area is 230 Å². The number of nitrogens with one attached hydrogen (secondary N) is 1. The quantitative estimate of drug-likeness (QED) is 0.225. The van der Waals surface area contributed by atoms with Crippen LogP contribution in [0.15, 0.2) is 70.8 Å². The van der Waals surface area contributed by atoms with Crippen LogP contribution in [0.25, 0.3) is 0 Å². The van der Waals surface area contributed by atoms with Gasteiger partial charge in [0, 0.05) is 35.1 Å². The Hall–Kier alpha value is -3.19. The van der Waals surface area contributed by atoms with Gasteiger partial charge in [-0.15, -0.1) is 11.3 Å². The molecule has 7 heteroatoms. The van der Waals surface area contributed by atoms with E-state index < -0.39 is 5.91 Å². The molecule has 5 N–H and O–H groups in total. The Bertz CT molecular complexity index is 1210. The maximum Gasteiger partial charge on any atom is 0.249 e. The number of aromatic nitrogens is 1. The van der Waals surface area contributed by atoms with E-state index in [4.69, 9.17) is 16.5 Å². The Balaban J connectivity index is 1.08. The van der Waals surface area contributed by atoms with Gasteiger partial charge in [-0.3, -0.25) is 9.79 Å². The van der Waals surface area contributed by atoms with Gasteiger partial charge in [0.1, 0.15) is 0 Å². The molecule has 6 rings (SSSR count). The third-order valence-electron chi connectivity index (χ3n) is 8.49. The van der Waals surface area contributed by atoms with Crippen molar-refractivity contribution >= 4 is 34.3 Å². The summed E-state index contributed by atoms with van der Waals surface area (Å²) in [7, 11) is 0. The molecule has 0 aliphatic heterocycles. The third kappa shape index (κ3) is 6.81. The van der Waals surface area contributed by atoms with Crippen molar-refractivity contribution in [2.24, 2.45) is 40.1 Å². The fourth-order valence-electron chi connectivity index (χ4n) is 6.80. The minimum Gasteiger partial charge on any atom is -0.402 e. The lowest BCUT2D eigenvalue weighted by Crippen LogP contribution is -2.27. The first kappa shape index (κ1) is 26.4. The molecule has 4 bridgehead atoms. The molecule has 0 spiro atoms. The van der Waals surface area contributed by atoms with Gasteiger partial charge in [-0.05, 0) is 99.2 Å². The van der Waals surface area contributed by atoms with Crippen molar-refractivity contribution in [1.29, 1.82) is 0 Å². The second-order valence-corrected chi connectivity index (χ2v) is 12.2. The molecule has 200 valence electrons. The summed E-state index contributed by atoms with van der Waals surface area (Å²) in [5, 5.41) is 6.84. The zero-order valence-electron chi connectivity index (χ0n) is 22.0. The molecular weight excluding hydrogens is 490 g/mol. The van der Waals surface area contributed by atoms with Crippen molar-refractivity contribution in [2.75, 3.05) is 5.32 Å². The van der Waals surface area contributed by atoms with E-state index in [1.54, 1.807) is 17.5 Å². The van der Waals surface area contributed by atoms with Crippen LogP contribution >= 0.6 is 11.3 Å². The molecule has 0 saturated heterocycles. The number of carbonyl (C=O) groups excluding carboxylic acids is 1. The first-order valence-electron chi connectivity index (χ1n) is 13.9. The summed E-state index contributed by atoms with van der Waals surface area (Å²) < 4.78 is 0. The van der Waals surface area contributed by atoms with E-state index in [0.29, 0.717) is 12.3 Å². The highest BCUT2D eigenvalue weighted by molar-refractivity contribution is 7.13. The van der Waals surface area contributed by atoms with Gasteiger partial charge in [-0.2, -0.15) is 0 Å². The lowest BCUT2D eigenvalue weighted by atomic mass is 9.67. The van der Waals surface area contributed by atoms with E-state index in [1.165, 1.54) is 56.0 Å². The summed E-state index contributed by atoms with van der Waals surface area (Å²) in [6, 6.07) is 8.57. The Kier molecular flexibility index (Phi) is 8.42. The second kappa shape index (κ2) is 12.1. The van der Waals surface area contributed by atoms with Crippen molar-refractivity contribution in [3.63, 3.8) is 0 Å². The van der Waals surface area contributed by atoms with Crippen molar-refractivity contribution in [3.8, 4) is 0 Å². The van der Waals surface area contributed by atoms with E-state index in [9.17, 15) is 4.79 Å². The van der Waals surface area contributed by atoms with Crippen LogP contribution in [-0.2, 0) is 11.2 Å². The molecule has 1 aromatic heterocycles. The smallest absolute Gasteiger partial charge is 0.249 e. The molecule has 2 unspecified atom stereocenters. The standard InChI is InChI=1S/C31H39N5OS/c1-20(30(33)37)18-34-11-3-2-4-26(32)8-5-21-6-9-27(10-7-21)35-31-36-29(19-38-31)28-17-24-13-22-12-23(14-24)16-25(28)15-22/h3-4,6-7,9-11,18-19,22-25,28H,1-2,5,8,12-17,32H2,(H2,33,37)(H,35,36)/b11-3-,26-4-,34-18?/t22?,23?,24?,25?,28-/m0/s1. The van der Waals surface area contributed by atoms with Gasteiger partial charge in [-0.1, -0.05) is 30.9 Å². The Morgan fingerprint density at radius 2 is 1.79 bits per heavy atom. The summed E-state index contributed by atoms with van der Waals surface area (Å²) in [4.78, 5) is 19.9. The van der Waals surface area contributed by atoms with Gasteiger partial charge < -0.3 is 16.8 Å². The fraction of sp³-hybridized carbons (Fsp3) is 0.452. The van der Waals surface area contributed by atoms with Gasteiger partial charge >= 0.3 is 0 Å². The molecule has 4 aliphatic carbocycles. The number of amides is 1. The van der Waals surface area contributed by atoms with Crippen LogP contribution in [0.2, 0.25) is 0 Å². The van der Waals surface area contributed by atoms with Crippen LogP contribution in [0, 0.1) is 23.7 Å². The van der Waals surface area contributed by atoms with E-state index in [0.717, 1.165) is 53.0 Å². The van der Waals surface area contributed by atoms with Crippen molar-refractivity contribution in [1.82, 2.24) is 4.98 Å². The van der Waals surface area contributed by atoms with Crippen LogP contribution in [0.4, 0.5) is 10.8 Å². The first-order valence-corrected chi connectivity index (χ1v) is 14.7. The fourth-order valence-corrected chi connectivity index (χ4v) is 7.59. The number of anilines is 2. The predicted molar refractivity (Wildman–Crippen MR) is 157 cm³/mol. The molecular formula is C31H39N5OS. The molecule has 3 atom stereocenters. The van der Waals surface area contributed by atoms with Crippen LogP contribution in [0.3, 0.4) is 0 Å². The SMILES string of the molecule is C=C(C=N/C=C\C/C=C(\N)CCc1ccc(Nc2nc([C@H]3CC4CC5CC(C4)CC3C5)cs2)cc1)C(N)=O. The molecule has 4 aliphatic rings. The monoisotopic (exact) mass is 529 g/mol. The molecule has 38 heavy (non-hydrogen) atoms. The van der Waals surface area contributed by atoms with Crippen LogP contribution in [0.5, 0.6) is 0 Å². The molecule has 2 aromatic rings. The number of nitrogens with zero attached hydrogens (tertiary/aromatic N) is 2. The number of primary amides is 1. The molecule has 6 nitrogen and oxygen atoms in total. The van der Waals surface area contributed by atoms with E-state index in [1.807, 2.05) is 12.2 Å². The molecule has 0 radical (unpaired) electrons. The number of aryl methyl sites for hydroxylation is 1. The van der Waals surface area contributed by atoms with Gasteiger partial charge in [0.25, 0.3) is 0 Å². The number of carbonyl (C=O) groups is 1. The molecule has 4 saturated carbocycles. The normalized spacial score (nSPS) is 26.7. The van der Waals surface area contributed by atoms with Crippen molar-refractivity contribution in [2.45, 2.75) is 63.7 Å². The second-order valence-electron chi connectivity index (χ2n) is 11.3. The largest absolute Gasteiger partial charge is 0.402 e. The molecule has 4 fully saturated rings. The first-order chi connectivity index (χ1) is 18.4. The minimum absolute atomic E-state index is 0.176. The van der Waals surface area contributed by atoms with Crippen LogP contribution in [0.1, 0.15) is 68.5 Å². The maximum atomic E-state index is 10.9. The van der Waals surface area contributed by atoms with Gasteiger partial charge in [0.15, 0.2) is 5.13 Å². The number of hydrogen-bond donors (Lipinski definition) is 3. The Morgan fingerprint density at radius 3 is 2.50 bits per heavy atom. The minimum atomic E-state index is -0.574. The highest BCUT2D eigenvalue weighted by Crippen LogP contribution is 2.56. The number of hydrogen-bond acceptors (Lipinski definition) is 6. The van der Waals surface area contributed by atoms with E-state index in [2.05, 4.69) is 46.5 Å². The zero-order valence-corrected chi connectivity index (χ0v) is 22.8. The summed E-state index contributed by atoms with van der Waals surface area (Å²) in [5.41, 5.74) is 15.9. The average Bonchev–Trinajstić information content (AvgIpc) is 3.26. The number of aliphatic imine (C=N–C) groups is 1. The highest BCUT2D eigenvalue weighted by Gasteiger charge is 2.44. The molecule has 1 heterocycles. The van der Waals surface area contributed by atoms with Crippen molar-refractivity contribution < 1.29 is 4.79 Å².